The predicted molar refractivity (Wildman–Crippen MR) is 428 cm³/mol. The number of hydrogen-bond donors (Lipinski definition) is 3. The molecule has 0 bridgehead atoms. The molecule has 15 rings (SSSR count). The largest absolute Gasteiger partial charge is 0.518 e. The fourth-order valence-corrected chi connectivity index (χ4v) is 15.3. The highest BCUT2D eigenvalue weighted by atomic mass is 79.9. The number of para-hydroxylation sites is 7. The molecule has 104 heavy (non-hydrogen) atoms. The van der Waals surface area contributed by atoms with E-state index >= 15 is 0 Å². The highest BCUT2D eigenvalue weighted by Crippen LogP contribution is 2.47. The van der Waals surface area contributed by atoms with E-state index in [2.05, 4.69) is 183 Å². The van der Waals surface area contributed by atoms with Gasteiger partial charge in [0.15, 0.2) is 18.6 Å². The minimum absolute atomic E-state index is 0.0164. The van der Waals surface area contributed by atoms with Crippen LogP contribution in [-0.2, 0) is 36.5 Å². The Morgan fingerprint density at radius 3 is 1.61 bits per heavy atom. The standard InChI is InChI=1S/C26H20N3O5S.C19H17N2OS.C11H12NO.C10H9N.C9H10NS2.CH3BrO.CH2ClNO2P2/c1-27-23-8-4-5-9-24(23)35-25(27)16-18-14-15-28(22-7-3-2-6-21(18)22)17-33-26(30)34-20-12-10-19(11-13-20)29(31)32;1-20-17-8-4-5-9-18(17)23-19(20)12-14-10-11-21(13-22)16-7-3-2-6-15(14)16;1-9-6-7-12(8-13)11-5-3-2-4-10(9)11;1-8-6-7-11-10-5-3-2-4-9(8)10;1-10-7-5-3-4-6-8(7)12-9(10)11-2;2-1-3;2-1(4)5-7-3-6/h2-16H,17H2,1H3;2-12,22H,13H2,1H3;2-7,13H,8H2,1H3;2-7H,1H3;3-6H,1-2H3;3H,1H2;6H2/q3*+1;;+1;;. The Kier molecular flexibility index (Phi) is 30.0. The monoisotopic (exact) mass is 1590 g/mol. The summed E-state index contributed by atoms with van der Waals surface area (Å²) in [5.41, 5.74) is 11.7. The van der Waals surface area contributed by atoms with Crippen molar-refractivity contribution in [1.82, 2.24) is 4.98 Å². The maximum absolute atomic E-state index is 12.2. The van der Waals surface area contributed by atoms with Crippen molar-refractivity contribution >= 4 is 187 Å². The van der Waals surface area contributed by atoms with Gasteiger partial charge in [-0.3, -0.25) is 15.1 Å². The van der Waals surface area contributed by atoms with E-state index in [4.69, 9.17) is 31.3 Å². The van der Waals surface area contributed by atoms with Crippen molar-refractivity contribution in [2.45, 2.75) is 48.2 Å². The molecule has 7 heterocycles. The number of carbonyl (C=O) groups is 2. The number of rotatable bonds is 10. The van der Waals surface area contributed by atoms with Gasteiger partial charge in [-0.15, -0.1) is 0 Å². The summed E-state index contributed by atoms with van der Waals surface area (Å²) in [6.07, 6.45) is 13.1. The summed E-state index contributed by atoms with van der Waals surface area (Å²) < 4.78 is 28.3. The number of aliphatic hydroxyl groups excluding tert-OH is 3. The summed E-state index contributed by atoms with van der Waals surface area (Å²) in [4.78, 5) is 43.2. The molecule has 0 fully saturated rings. The molecule has 5 aromatic heterocycles. The number of benzene rings is 8. The Morgan fingerprint density at radius 2 is 1.11 bits per heavy atom. The first-order valence-corrected chi connectivity index (χ1v) is 38.3. The van der Waals surface area contributed by atoms with Crippen LogP contribution in [0.5, 0.6) is 5.75 Å². The van der Waals surface area contributed by atoms with Crippen LogP contribution in [-0.4, -0.2) is 62.7 Å². The van der Waals surface area contributed by atoms with Gasteiger partial charge in [-0.2, -0.15) is 18.3 Å². The van der Waals surface area contributed by atoms with E-state index in [9.17, 15) is 24.8 Å². The number of thiazole rings is 1. The third-order valence-corrected chi connectivity index (χ3v) is 21.5. The van der Waals surface area contributed by atoms with E-state index in [1.807, 2.05) is 168 Å². The van der Waals surface area contributed by atoms with Crippen LogP contribution in [0.25, 0.3) is 66.0 Å². The Labute approximate surface area is 635 Å². The van der Waals surface area contributed by atoms with Gasteiger partial charge in [0.2, 0.25) is 30.7 Å². The van der Waals surface area contributed by atoms with E-state index < -0.39 is 16.5 Å². The molecular weight excluding hydrogens is 1520 g/mol. The number of pyridine rings is 4. The van der Waals surface area contributed by atoms with Crippen molar-refractivity contribution in [2.75, 3.05) is 35.7 Å². The van der Waals surface area contributed by atoms with Crippen LogP contribution in [0.3, 0.4) is 0 Å². The van der Waals surface area contributed by atoms with Crippen LogP contribution in [0.15, 0.2) is 272 Å². The van der Waals surface area contributed by atoms with Crippen molar-refractivity contribution in [3.05, 3.63) is 286 Å². The van der Waals surface area contributed by atoms with Gasteiger partial charge < -0.3 is 39.1 Å². The summed E-state index contributed by atoms with van der Waals surface area (Å²) in [5, 5.41) is 43.8. The number of carbonyl (C=O) groups excluding carboxylic acids is 2. The summed E-state index contributed by atoms with van der Waals surface area (Å²) in [5.74, 6) is 0.164. The molecule has 0 saturated carbocycles. The van der Waals surface area contributed by atoms with Crippen molar-refractivity contribution in [1.29, 1.82) is 0 Å². The molecule has 27 heteroatoms. The second-order valence-corrected chi connectivity index (χ2v) is 28.6. The average molecular weight is 1590 g/mol. The number of anilines is 2. The van der Waals surface area contributed by atoms with Gasteiger partial charge in [-0.25, -0.2) is 14.1 Å². The van der Waals surface area contributed by atoms with Gasteiger partial charge in [-0.05, 0) is 148 Å². The first-order chi connectivity index (χ1) is 50.5. The number of halogens is 2. The van der Waals surface area contributed by atoms with E-state index in [1.54, 1.807) is 35.3 Å². The molecule has 13 aromatic rings. The number of ether oxygens (including phenoxy) is 2. The second kappa shape index (κ2) is 39.6. The summed E-state index contributed by atoms with van der Waals surface area (Å²) in [6, 6.07) is 70.8. The smallest absolute Gasteiger partial charge is 0.395 e. The van der Waals surface area contributed by atoms with Crippen molar-refractivity contribution in [3.8, 4) is 5.75 Å². The molecule has 0 amide bonds. The quantitative estimate of drug-likeness (QED) is 0.0134. The lowest BCUT2D eigenvalue weighted by molar-refractivity contribution is -0.706. The number of hydrogen-bond acceptors (Lipinski definition) is 18. The fourth-order valence-electron chi connectivity index (χ4n) is 10.9. The SMILES string of the molecule is CN1/C(=C/c2cc[n+](CO)c3ccccc23)Sc2ccccc21.CN1/C(=C/c2cc[n+](COC(=O)Oc3ccc([N+](=O)[O-])cc3)c3ccccc23)Sc2ccccc21.CSc1sc2ccccc2[n+]1C.Cc1cc[n+](CO)c2ccccc12.Cc1ccnc2ccccc12.O=C(Cl)OP=NP.OCBr. The van der Waals surface area contributed by atoms with Gasteiger partial charge in [0.05, 0.1) is 48.2 Å². The minimum Gasteiger partial charge on any atom is -0.395 e. The molecule has 2 aliphatic heterocycles. The van der Waals surface area contributed by atoms with Gasteiger partial charge in [0.25, 0.3) is 30.2 Å². The number of aromatic nitrogens is 5. The summed E-state index contributed by atoms with van der Waals surface area (Å²) in [7, 11) is 8.51. The number of nitrogens with zero attached hydrogens (tertiary/aromatic N) is 9. The van der Waals surface area contributed by atoms with Crippen LogP contribution < -0.4 is 32.8 Å². The maximum atomic E-state index is 12.2. The number of nitro benzene ring substituents is 1. The third kappa shape index (κ3) is 20.8. The summed E-state index contributed by atoms with van der Waals surface area (Å²) >= 11 is 14.6. The van der Waals surface area contributed by atoms with Crippen LogP contribution in [0, 0.1) is 24.0 Å². The van der Waals surface area contributed by atoms with Crippen LogP contribution in [0.1, 0.15) is 22.3 Å². The molecule has 3 N–H and O–H groups in total. The Morgan fingerprint density at radius 1 is 0.644 bits per heavy atom. The lowest BCUT2D eigenvalue weighted by Crippen LogP contribution is -2.37. The highest BCUT2D eigenvalue weighted by molar-refractivity contribution is 9.09. The van der Waals surface area contributed by atoms with Crippen molar-refractivity contribution in [2.24, 2.45) is 11.6 Å². The van der Waals surface area contributed by atoms with Crippen molar-refractivity contribution in [3.63, 3.8) is 0 Å². The zero-order chi connectivity index (χ0) is 74.1. The molecule has 0 radical (unpaired) electrons. The zero-order valence-corrected chi connectivity index (χ0v) is 64.9. The number of non-ortho nitro benzene ring substituents is 1. The fraction of sp³-hybridized carbons (Fsp3) is 0.130. The Bertz CT molecular complexity index is 5250. The van der Waals surface area contributed by atoms with Gasteiger partial charge in [0, 0.05) is 107 Å². The molecule has 1 unspecified atom stereocenters. The predicted octanol–water partition coefficient (Wildman–Crippen LogP) is 18.3. The highest BCUT2D eigenvalue weighted by Gasteiger charge is 2.25. The van der Waals surface area contributed by atoms with Crippen LogP contribution in [0.4, 0.5) is 26.7 Å². The summed E-state index contributed by atoms with van der Waals surface area (Å²) in [6.45, 7) is 4.13. The lowest BCUT2D eigenvalue weighted by Gasteiger charge is -2.13. The lowest BCUT2D eigenvalue weighted by atomic mass is 10.1. The zero-order valence-electron chi connectivity index (χ0n) is 57.2. The number of nitro groups is 1. The van der Waals surface area contributed by atoms with Gasteiger partial charge >= 0.3 is 11.6 Å². The number of fused-ring (bicyclic) bond motifs is 7. The van der Waals surface area contributed by atoms with E-state index in [1.165, 1.54) is 86.9 Å². The maximum Gasteiger partial charge on any atom is 0.518 e. The minimum atomic E-state index is -0.900. The van der Waals surface area contributed by atoms with Gasteiger partial charge in [-0.1, -0.05) is 142 Å². The molecule has 2 aliphatic rings. The number of aliphatic hydroxyl groups is 3. The molecule has 19 nitrogen and oxygen atoms in total. The third-order valence-electron chi connectivity index (χ3n) is 15.9. The molecule has 8 aromatic carbocycles. The average Bonchev–Trinajstić information content (AvgIpc) is 1.38. The van der Waals surface area contributed by atoms with Crippen LogP contribution >= 0.6 is 92.1 Å². The number of thioether (sulfide) groups is 3. The Balaban J connectivity index is 0.000000156. The van der Waals surface area contributed by atoms with E-state index in [0.29, 0.717) is 0 Å². The normalized spacial score (nSPS) is 12.5. The molecule has 530 valence electrons. The molecule has 1 atom stereocenters. The van der Waals surface area contributed by atoms with Gasteiger partial charge in [0.1, 0.15) is 17.5 Å². The molecule has 0 spiro atoms. The number of alkyl halides is 1. The second-order valence-electron chi connectivity index (χ2n) is 22.3. The molecular formula is C77H73BrClN9O10P2S4+4. The van der Waals surface area contributed by atoms with Crippen molar-refractivity contribution < 1.29 is 62.1 Å². The van der Waals surface area contributed by atoms with E-state index in [0.717, 1.165) is 49.0 Å². The first-order valence-electron chi connectivity index (χ1n) is 31.8. The first kappa shape index (κ1) is 78.9. The molecule has 0 aliphatic carbocycles. The van der Waals surface area contributed by atoms with E-state index in [-0.39, 0.29) is 45.7 Å². The molecule has 0 saturated heterocycles. The topological polar surface area (TPSA) is 213 Å². The number of aryl methyl sites for hydroxylation is 3. The Hall–Kier alpha value is -9.26. The van der Waals surface area contributed by atoms with Crippen LogP contribution in [0.2, 0.25) is 0 Å².